The highest BCUT2D eigenvalue weighted by Gasteiger charge is 2.19. The molecule has 0 amide bonds. The van der Waals surface area contributed by atoms with E-state index < -0.39 is 0 Å². The second-order valence-corrected chi connectivity index (χ2v) is 34.1. The van der Waals surface area contributed by atoms with Crippen molar-refractivity contribution in [3.05, 3.63) is 211 Å². The summed E-state index contributed by atoms with van der Waals surface area (Å²) in [7, 11) is 39.1. The topological polar surface area (TPSA) is 108 Å². The first-order valence-corrected chi connectivity index (χ1v) is 39.0. The fraction of sp³-hybridized carbons (Fsp3) is 0.417. The van der Waals surface area contributed by atoms with Gasteiger partial charge >= 0.3 is 11.9 Å². The van der Waals surface area contributed by atoms with Crippen LogP contribution in [-0.2, 0) is 9.47 Å². The van der Waals surface area contributed by atoms with E-state index in [0.717, 1.165) is 138 Å². The predicted molar refractivity (Wildman–Crippen MR) is 451 cm³/mol. The second kappa shape index (κ2) is 42.2. The molecule has 0 radical (unpaired) electrons. The van der Waals surface area contributed by atoms with Crippen molar-refractivity contribution in [1.82, 2.24) is 0 Å². The SMILES string of the molecule is CCOC(=O)c1ccc(C#Cc2cc(OCCC[N+](C)(C)C)c(C#Cc3ccc(C#Cc4cc(OCCC[N+](C)(C)C)c(C#Cc5ccc(C#Cc6cc(OCCC[N+](C)(C)C)c(C#Cc7ccc(C(=O)OCC)cc7)cc6OCCC[N+](C)(C)C)cc5)cc4OCCC[N+](C)(C)C)cc3)cc2OCCC[N+](C)(C)C)cc1. The van der Waals surface area contributed by atoms with E-state index in [9.17, 15) is 9.59 Å². The van der Waals surface area contributed by atoms with Crippen LogP contribution in [0.5, 0.6) is 34.5 Å². The first-order chi connectivity index (χ1) is 53.0. The first kappa shape index (κ1) is 88.6. The highest BCUT2D eigenvalue weighted by molar-refractivity contribution is 5.90. The summed E-state index contributed by atoms with van der Waals surface area (Å²) in [5.41, 5.74) is 9.69. The number of carbonyl (C=O) groups excluding carboxylic acids is 2. The average molecular weight is 1520 g/mol. The van der Waals surface area contributed by atoms with Gasteiger partial charge in [0.2, 0.25) is 0 Å². The number of benzene rings is 7. The quantitative estimate of drug-likeness (QED) is 0.0167. The summed E-state index contributed by atoms with van der Waals surface area (Å²) in [5.74, 6) is 43.7. The minimum Gasteiger partial charge on any atom is -0.492 e. The lowest BCUT2D eigenvalue weighted by molar-refractivity contribution is -0.870. The van der Waals surface area contributed by atoms with Crippen LogP contribution in [0.4, 0.5) is 0 Å². The predicted octanol–water partition coefficient (Wildman–Crippen LogP) is 13.3. The van der Waals surface area contributed by atoms with Crippen molar-refractivity contribution in [2.24, 2.45) is 0 Å². The molecular formula is C96H122N6O10+6. The molecule has 0 atom stereocenters. The molecule has 7 aromatic carbocycles. The Hall–Kier alpha value is -10.6. The number of carbonyl (C=O) groups is 2. The molecule has 0 bridgehead atoms. The Labute approximate surface area is 671 Å². The molecule has 0 fully saturated rings. The third-order valence-electron chi connectivity index (χ3n) is 17.2. The van der Waals surface area contributed by atoms with Crippen LogP contribution in [0.25, 0.3) is 0 Å². The van der Waals surface area contributed by atoms with Crippen molar-refractivity contribution >= 4 is 11.9 Å². The molecule has 112 heavy (non-hydrogen) atoms. The molecule has 0 aliphatic heterocycles. The largest absolute Gasteiger partial charge is 0.492 e. The third kappa shape index (κ3) is 33.5. The zero-order valence-corrected chi connectivity index (χ0v) is 70.6. The molecule has 0 saturated heterocycles. The summed E-state index contributed by atoms with van der Waals surface area (Å²) in [6.07, 6.45) is 5.01. The van der Waals surface area contributed by atoms with Gasteiger partial charge in [-0.1, -0.05) is 71.0 Å². The number of quaternary nitrogens is 6. The third-order valence-corrected chi connectivity index (χ3v) is 17.2. The van der Waals surface area contributed by atoms with Gasteiger partial charge in [-0.25, -0.2) is 9.59 Å². The van der Waals surface area contributed by atoms with Gasteiger partial charge in [-0.3, -0.25) is 0 Å². The Morgan fingerprint density at radius 2 is 0.393 bits per heavy atom. The Morgan fingerprint density at radius 1 is 0.241 bits per heavy atom. The van der Waals surface area contributed by atoms with Crippen LogP contribution in [0, 0.1) is 71.0 Å². The van der Waals surface area contributed by atoms with Crippen LogP contribution in [0.2, 0.25) is 0 Å². The molecule has 0 unspecified atom stereocenters. The molecule has 0 heterocycles. The van der Waals surface area contributed by atoms with E-state index in [1.165, 1.54) is 0 Å². The summed E-state index contributed by atoms with van der Waals surface area (Å²) in [6.45, 7) is 12.7. The number of hydrogen-bond acceptors (Lipinski definition) is 10. The van der Waals surface area contributed by atoms with E-state index in [2.05, 4.69) is 198 Å². The Balaban J connectivity index is 1.22. The van der Waals surface area contributed by atoms with E-state index >= 15 is 0 Å². The highest BCUT2D eigenvalue weighted by Crippen LogP contribution is 2.33. The van der Waals surface area contributed by atoms with Crippen LogP contribution in [0.1, 0.15) is 140 Å². The minimum absolute atomic E-state index is 0.299. The molecule has 0 saturated carbocycles. The van der Waals surface area contributed by atoms with Crippen LogP contribution in [0.3, 0.4) is 0 Å². The number of rotatable bonds is 34. The van der Waals surface area contributed by atoms with Crippen molar-refractivity contribution in [3.8, 4) is 106 Å². The number of ether oxygens (including phenoxy) is 8. The fourth-order valence-corrected chi connectivity index (χ4v) is 11.2. The number of nitrogens with zero attached hydrogens (tertiary/aromatic N) is 6. The maximum atomic E-state index is 12.4. The molecule has 0 aromatic heterocycles. The molecule has 7 aromatic rings. The van der Waals surface area contributed by atoms with Gasteiger partial charge in [0.25, 0.3) is 0 Å². The average Bonchev–Trinajstić information content (AvgIpc) is 0.827. The van der Waals surface area contributed by atoms with E-state index in [1.54, 1.807) is 38.1 Å². The van der Waals surface area contributed by atoms with E-state index in [1.807, 2.05) is 109 Å². The first-order valence-electron chi connectivity index (χ1n) is 39.0. The molecule has 0 aliphatic carbocycles. The van der Waals surface area contributed by atoms with Crippen LogP contribution in [0.15, 0.2) is 133 Å². The van der Waals surface area contributed by atoms with Crippen molar-refractivity contribution in [2.45, 2.75) is 52.4 Å². The summed E-state index contributed by atoms with van der Waals surface area (Å²) in [4.78, 5) is 24.8. The van der Waals surface area contributed by atoms with Crippen molar-refractivity contribution in [2.75, 3.05) is 219 Å². The number of esters is 2. The standard InChI is InChI=1S/C96H122N6O10/c1-21-105-95(103)81-47-37-79(38-48-81)45-55-87-73-91(109-65-25-59-99(9,10)11)85(71-93(87)111-67-27-61-101(15,16)17)53-43-77-33-29-75(30-34-77)41-51-83-69-90(108-64-24-58-98(6,7)8)84(70-89(83)107-63-23-57-97(3,4)5)52-42-76-31-35-78(36-32-76)44-54-86-72-94(112-68-28-62-102(18,19)20)88(74-92(86)110-66-26-60-100(12,13)14)56-46-80-39-49-82(50-40-80)96(104)106-22-2/h29-40,47-50,69-74H,21-28,57-68H2,1-20H3/q+6. The van der Waals surface area contributed by atoms with Crippen LogP contribution < -0.4 is 28.4 Å². The summed E-state index contributed by atoms with van der Waals surface area (Å²) in [6, 6.07) is 41.7. The highest BCUT2D eigenvalue weighted by atomic mass is 16.5. The molecular weight excluding hydrogens is 1400 g/mol. The van der Waals surface area contributed by atoms with Gasteiger partial charge in [-0.2, -0.15) is 0 Å². The monoisotopic (exact) mass is 1520 g/mol. The van der Waals surface area contributed by atoms with Gasteiger partial charge in [-0.15, -0.1) is 0 Å². The van der Waals surface area contributed by atoms with Crippen molar-refractivity contribution < 1.29 is 74.4 Å². The Bertz CT molecular complexity index is 4380. The van der Waals surface area contributed by atoms with Gasteiger partial charge in [0, 0.05) is 108 Å². The van der Waals surface area contributed by atoms with Crippen molar-refractivity contribution in [3.63, 3.8) is 0 Å². The van der Waals surface area contributed by atoms with E-state index in [0.29, 0.717) is 132 Å². The lowest BCUT2D eigenvalue weighted by atomic mass is 10.1. The molecule has 16 nitrogen and oxygen atoms in total. The fourth-order valence-electron chi connectivity index (χ4n) is 11.2. The lowest BCUT2D eigenvalue weighted by Crippen LogP contribution is -2.36. The smallest absolute Gasteiger partial charge is 0.338 e. The summed E-state index contributed by atoms with van der Waals surface area (Å²) >= 11 is 0. The van der Waals surface area contributed by atoms with Crippen LogP contribution >= 0.6 is 0 Å². The molecule has 0 N–H and O–H groups in total. The van der Waals surface area contributed by atoms with E-state index in [4.69, 9.17) is 37.9 Å². The Kier molecular flexibility index (Phi) is 33.4. The molecule has 590 valence electrons. The zero-order valence-electron chi connectivity index (χ0n) is 70.6. The summed E-state index contributed by atoms with van der Waals surface area (Å²) in [5, 5.41) is 0. The van der Waals surface area contributed by atoms with Gasteiger partial charge in [-0.05, 0) is 111 Å². The van der Waals surface area contributed by atoms with Gasteiger partial charge < -0.3 is 64.8 Å². The number of hydrogen-bond donors (Lipinski definition) is 0. The zero-order chi connectivity index (χ0) is 81.5. The molecule has 0 spiro atoms. The maximum absolute atomic E-state index is 12.4. The molecule has 16 heteroatoms. The van der Waals surface area contributed by atoms with Gasteiger partial charge in [0.1, 0.15) is 34.5 Å². The van der Waals surface area contributed by atoms with Gasteiger partial charge in [0.15, 0.2) is 0 Å². The van der Waals surface area contributed by atoms with Crippen molar-refractivity contribution in [1.29, 1.82) is 0 Å². The molecule has 0 aliphatic rings. The Morgan fingerprint density at radius 3 is 0.536 bits per heavy atom. The maximum Gasteiger partial charge on any atom is 0.338 e. The second-order valence-electron chi connectivity index (χ2n) is 34.1. The van der Waals surface area contributed by atoms with E-state index in [-0.39, 0.29) is 11.9 Å². The summed E-state index contributed by atoms with van der Waals surface area (Å²) < 4.78 is 54.8. The van der Waals surface area contributed by atoms with Crippen LogP contribution in [-0.4, -0.2) is 258 Å². The normalized spacial score (nSPS) is 11.4. The minimum atomic E-state index is -0.371. The molecule has 7 rings (SSSR count). The van der Waals surface area contributed by atoms with Gasteiger partial charge in [0.05, 0.1) is 263 Å². The lowest BCUT2D eigenvalue weighted by Gasteiger charge is -2.24.